The van der Waals surface area contributed by atoms with Gasteiger partial charge in [0.2, 0.25) is 5.91 Å². The first kappa shape index (κ1) is 11.7. The summed E-state index contributed by atoms with van der Waals surface area (Å²) < 4.78 is 1.07. The van der Waals surface area contributed by atoms with Gasteiger partial charge in [-0.15, -0.1) is 0 Å². The van der Waals surface area contributed by atoms with Gasteiger partial charge in [-0.25, -0.2) is 4.79 Å². The Morgan fingerprint density at radius 3 is 2.94 bits per heavy atom. The van der Waals surface area contributed by atoms with E-state index in [4.69, 9.17) is 5.26 Å². The lowest BCUT2D eigenvalue weighted by Crippen LogP contribution is -2.35. The number of hydrogen-bond acceptors (Lipinski definition) is 4. The zero-order chi connectivity index (χ0) is 12.0. The van der Waals surface area contributed by atoms with Crippen molar-refractivity contribution in [1.82, 2.24) is 14.9 Å². The molecule has 0 atom stereocenters. The van der Waals surface area contributed by atoms with Crippen molar-refractivity contribution in [2.45, 2.75) is 13.0 Å². The molecule has 0 saturated heterocycles. The van der Waals surface area contributed by atoms with Crippen LogP contribution in [0.1, 0.15) is 6.42 Å². The molecule has 1 aromatic heterocycles. The number of aromatic amines is 1. The number of nitrogens with zero attached hydrogens (tertiary/aromatic N) is 2. The van der Waals surface area contributed by atoms with Gasteiger partial charge >= 0.3 is 5.69 Å². The minimum atomic E-state index is -0.636. The fourth-order valence-corrected chi connectivity index (χ4v) is 1.04. The largest absolute Gasteiger partial charge is 0.354 e. The molecule has 0 aromatic carbocycles. The maximum absolute atomic E-state index is 11.3. The number of carbonyl (C=O) groups excluding carboxylic acids is 1. The molecule has 7 nitrogen and oxygen atoms in total. The van der Waals surface area contributed by atoms with Crippen LogP contribution in [0.3, 0.4) is 0 Å². The van der Waals surface area contributed by atoms with E-state index in [1.54, 1.807) is 0 Å². The zero-order valence-corrected chi connectivity index (χ0v) is 8.40. The molecule has 7 heteroatoms. The SMILES string of the molecule is N#CCCNC(=O)Cn1ccc(=O)[nH]c1=O. The lowest BCUT2D eigenvalue weighted by molar-refractivity contribution is -0.121. The number of nitrogens with one attached hydrogen (secondary N) is 2. The van der Waals surface area contributed by atoms with Gasteiger partial charge in [0, 0.05) is 18.8 Å². The van der Waals surface area contributed by atoms with Gasteiger partial charge in [0.15, 0.2) is 0 Å². The van der Waals surface area contributed by atoms with Gasteiger partial charge in [-0.05, 0) is 0 Å². The highest BCUT2D eigenvalue weighted by Gasteiger charge is 2.03. The number of carbonyl (C=O) groups is 1. The predicted molar refractivity (Wildman–Crippen MR) is 54.6 cm³/mol. The van der Waals surface area contributed by atoms with Gasteiger partial charge in [0.05, 0.1) is 12.5 Å². The molecule has 0 bridgehead atoms. The van der Waals surface area contributed by atoms with Crippen molar-refractivity contribution < 1.29 is 4.79 Å². The third-order valence-corrected chi connectivity index (χ3v) is 1.77. The first-order valence-electron chi connectivity index (χ1n) is 4.57. The Morgan fingerprint density at radius 2 is 2.31 bits per heavy atom. The molecule has 84 valence electrons. The van der Waals surface area contributed by atoms with Crippen LogP contribution < -0.4 is 16.6 Å². The number of hydrogen-bond donors (Lipinski definition) is 2. The van der Waals surface area contributed by atoms with Crippen LogP contribution in [0.25, 0.3) is 0 Å². The molecule has 0 spiro atoms. The Hall–Kier alpha value is -2.36. The minimum absolute atomic E-state index is 0.180. The van der Waals surface area contributed by atoms with Crippen LogP contribution in [-0.2, 0) is 11.3 Å². The van der Waals surface area contributed by atoms with Gasteiger partial charge in [-0.1, -0.05) is 0 Å². The Labute approximate surface area is 90.3 Å². The van der Waals surface area contributed by atoms with Gasteiger partial charge < -0.3 is 5.32 Å². The van der Waals surface area contributed by atoms with E-state index in [1.165, 1.54) is 6.20 Å². The van der Waals surface area contributed by atoms with E-state index in [0.29, 0.717) is 0 Å². The average molecular weight is 222 g/mol. The van der Waals surface area contributed by atoms with Crippen LogP contribution in [0, 0.1) is 11.3 Å². The number of rotatable bonds is 4. The van der Waals surface area contributed by atoms with Gasteiger partial charge in [0.1, 0.15) is 6.54 Å². The van der Waals surface area contributed by atoms with Crippen LogP contribution in [-0.4, -0.2) is 22.0 Å². The smallest absolute Gasteiger partial charge is 0.328 e. The van der Waals surface area contributed by atoms with Crippen molar-refractivity contribution in [2.75, 3.05) is 6.54 Å². The Kier molecular flexibility index (Phi) is 4.03. The number of H-pyrrole nitrogens is 1. The first-order valence-corrected chi connectivity index (χ1v) is 4.57. The van der Waals surface area contributed by atoms with E-state index >= 15 is 0 Å². The van der Waals surface area contributed by atoms with Crippen molar-refractivity contribution in [2.24, 2.45) is 0 Å². The molecule has 0 aliphatic heterocycles. The fourth-order valence-electron chi connectivity index (χ4n) is 1.04. The lowest BCUT2D eigenvalue weighted by Gasteiger charge is -2.04. The molecule has 0 fully saturated rings. The first-order chi connectivity index (χ1) is 7.63. The molecule has 1 aromatic rings. The highest BCUT2D eigenvalue weighted by atomic mass is 16.2. The molecule has 1 amide bonds. The zero-order valence-electron chi connectivity index (χ0n) is 8.40. The van der Waals surface area contributed by atoms with Crippen LogP contribution in [0.4, 0.5) is 0 Å². The third-order valence-electron chi connectivity index (χ3n) is 1.77. The second-order valence-corrected chi connectivity index (χ2v) is 3.00. The minimum Gasteiger partial charge on any atom is -0.354 e. The molecule has 0 saturated carbocycles. The molecule has 0 aliphatic carbocycles. The monoisotopic (exact) mass is 222 g/mol. The van der Waals surface area contributed by atoms with E-state index in [9.17, 15) is 14.4 Å². The van der Waals surface area contributed by atoms with Gasteiger partial charge in [-0.2, -0.15) is 5.26 Å². The van der Waals surface area contributed by atoms with Crippen molar-refractivity contribution in [3.8, 4) is 6.07 Å². The molecule has 2 N–H and O–H groups in total. The summed E-state index contributed by atoms with van der Waals surface area (Å²) in [6.07, 6.45) is 1.46. The highest BCUT2D eigenvalue weighted by Crippen LogP contribution is 1.78. The van der Waals surface area contributed by atoms with E-state index in [-0.39, 0.29) is 25.4 Å². The van der Waals surface area contributed by atoms with Crippen LogP contribution in [0.5, 0.6) is 0 Å². The topological polar surface area (TPSA) is 108 Å². The summed E-state index contributed by atoms with van der Waals surface area (Å²) in [6, 6.07) is 3.03. The summed E-state index contributed by atoms with van der Waals surface area (Å²) >= 11 is 0. The van der Waals surface area contributed by atoms with Crippen molar-refractivity contribution >= 4 is 5.91 Å². The quantitative estimate of drug-likeness (QED) is 0.608. The van der Waals surface area contributed by atoms with E-state index in [1.807, 2.05) is 11.1 Å². The van der Waals surface area contributed by atoms with E-state index in [2.05, 4.69) is 5.32 Å². The second kappa shape index (κ2) is 5.50. The predicted octanol–water partition coefficient (Wildman–Crippen LogP) is -1.43. The summed E-state index contributed by atoms with van der Waals surface area (Å²) in [4.78, 5) is 35.2. The summed E-state index contributed by atoms with van der Waals surface area (Å²) in [6.45, 7) is 0.0640. The Bertz CT molecular complexity index is 523. The second-order valence-electron chi connectivity index (χ2n) is 3.00. The van der Waals surface area contributed by atoms with Crippen molar-refractivity contribution in [3.05, 3.63) is 33.1 Å². The lowest BCUT2D eigenvalue weighted by atomic mass is 10.4. The maximum atomic E-state index is 11.3. The highest BCUT2D eigenvalue weighted by molar-refractivity contribution is 5.75. The third kappa shape index (κ3) is 3.42. The van der Waals surface area contributed by atoms with E-state index in [0.717, 1.165) is 10.6 Å². The van der Waals surface area contributed by atoms with Crippen LogP contribution >= 0.6 is 0 Å². The summed E-state index contributed by atoms with van der Waals surface area (Å²) in [5.41, 5.74) is -1.14. The van der Waals surface area contributed by atoms with Crippen LogP contribution in [0.2, 0.25) is 0 Å². The van der Waals surface area contributed by atoms with Gasteiger partial charge in [0.25, 0.3) is 5.56 Å². The maximum Gasteiger partial charge on any atom is 0.328 e. The summed E-state index contributed by atoms with van der Waals surface area (Å²) in [5, 5.41) is 10.7. The number of nitriles is 1. The van der Waals surface area contributed by atoms with Crippen LogP contribution in [0.15, 0.2) is 21.9 Å². The molecule has 1 heterocycles. The van der Waals surface area contributed by atoms with Crippen molar-refractivity contribution in [1.29, 1.82) is 5.26 Å². The normalized spacial score (nSPS) is 9.44. The number of aromatic nitrogens is 2. The molecule has 0 aliphatic rings. The summed E-state index contributed by atoms with van der Waals surface area (Å²) in [5.74, 6) is -0.385. The standard InChI is InChI=1S/C9H10N4O3/c10-3-1-4-11-8(15)6-13-5-2-7(14)12-9(13)16/h2,5H,1,4,6H2,(H,11,15)(H,12,14,16). The molecule has 16 heavy (non-hydrogen) atoms. The molecular formula is C9H10N4O3. The van der Waals surface area contributed by atoms with E-state index < -0.39 is 11.2 Å². The molecule has 0 radical (unpaired) electrons. The Balaban J connectivity index is 2.60. The Morgan fingerprint density at radius 1 is 1.56 bits per heavy atom. The number of amides is 1. The molecule has 1 rings (SSSR count). The molecular weight excluding hydrogens is 212 g/mol. The molecule has 0 unspecified atom stereocenters. The average Bonchev–Trinajstić information content (AvgIpc) is 2.23. The fraction of sp³-hybridized carbons (Fsp3) is 0.333. The van der Waals surface area contributed by atoms with Gasteiger partial charge in [-0.3, -0.25) is 19.1 Å². The summed E-state index contributed by atoms with van der Waals surface area (Å²) in [7, 11) is 0. The van der Waals surface area contributed by atoms with Crippen molar-refractivity contribution in [3.63, 3.8) is 0 Å².